The van der Waals surface area contributed by atoms with Gasteiger partial charge in [-0.15, -0.1) is 11.3 Å². The first-order valence-electron chi connectivity index (χ1n) is 6.93. The summed E-state index contributed by atoms with van der Waals surface area (Å²) in [6.07, 6.45) is 4.14. The molecule has 0 saturated heterocycles. The summed E-state index contributed by atoms with van der Waals surface area (Å²) < 4.78 is 1.94. The van der Waals surface area contributed by atoms with Crippen molar-refractivity contribution in [2.75, 3.05) is 5.32 Å². The average molecular weight is 299 g/mol. The van der Waals surface area contributed by atoms with Crippen LogP contribution in [0.4, 0.5) is 5.69 Å². The number of anilines is 1. The van der Waals surface area contributed by atoms with Gasteiger partial charge in [0.05, 0.1) is 12.1 Å². The van der Waals surface area contributed by atoms with Crippen LogP contribution < -0.4 is 5.32 Å². The molecule has 1 N–H and O–H groups in total. The van der Waals surface area contributed by atoms with Crippen molar-refractivity contribution < 1.29 is 4.79 Å². The lowest BCUT2D eigenvalue weighted by atomic mass is 10.0. The van der Waals surface area contributed by atoms with Crippen molar-refractivity contribution in [1.29, 1.82) is 0 Å². The van der Waals surface area contributed by atoms with E-state index < -0.39 is 0 Å². The van der Waals surface area contributed by atoms with Crippen molar-refractivity contribution in [2.24, 2.45) is 0 Å². The van der Waals surface area contributed by atoms with Gasteiger partial charge in [0.25, 0.3) is 0 Å². The minimum absolute atomic E-state index is 0.0401. The summed E-state index contributed by atoms with van der Waals surface area (Å²) in [7, 11) is 0. The minimum Gasteiger partial charge on any atom is -0.326 e. The zero-order valence-electron chi connectivity index (χ0n) is 12.0. The van der Waals surface area contributed by atoms with Crippen molar-refractivity contribution in [3.8, 4) is 0 Å². The highest BCUT2D eigenvalue weighted by Crippen LogP contribution is 2.19. The second-order valence-electron chi connectivity index (χ2n) is 5.33. The second kappa shape index (κ2) is 5.69. The second-order valence-corrected chi connectivity index (χ2v) is 6.20. The van der Waals surface area contributed by atoms with Gasteiger partial charge in [-0.3, -0.25) is 9.20 Å². The highest BCUT2D eigenvalue weighted by molar-refractivity contribution is 7.15. The molecule has 0 spiro atoms. The Bertz CT molecular complexity index is 744. The first-order valence-corrected chi connectivity index (χ1v) is 7.80. The zero-order valence-corrected chi connectivity index (χ0v) is 12.9. The van der Waals surface area contributed by atoms with Gasteiger partial charge in [-0.2, -0.15) is 0 Å². The van der Waals surface area contributed by atoms with E-state index in [1.165, 1.54) is 5.56 Å². The largest absolute Gasteiger partial charge is 0.326 e. The molecule has 0 aliphatic heterocycles. The predicted molar refractivity (Wildman–Crippen MR) is 85.9 cm³/mol. The average Bonchev–Trinajstić information content (AvgIpc) is 2.99. The van der Waals surface area contributed by atoms with Crippen LogP contribution in [0.3, 0.4) is 0 Å². The van der Waals surface area contributed by atoms with Crippen LogP contribution in [0.2, 0.25) is 0 Å². The van der Waals surface area contributed by atoms with Gasteiger partial charge >= 0.3 is 0 Å². The number of nitrogens with zero attached hydrogens (tertiary/aromatic N) is 2. The third-order valence-electron chi connectivity index (χ3n) is 3.32. The van der Waals surface area contributed by atoms with Crippen molar-refractivity contribution in [1.82, 2.24) is 9.38 Å². The van der Waals surface area contributed by atoms with Gasteiger partial charge in [0, 0.05) is 23.5 Å². The predicted octanol–water partition coefficient (Wildman–Crippen LogP) is 3.70. The Labute approximate surface area is 127 Å². The Morgan fingerprint density at radius 1 is 1.43 bits per heavy atom. The number of carbonyl (C=O) groups excluding carboxylic acids is 1. The lowest BCUT2D eigenvalue weighted by Gasteiger charge is -2.09. The van der Waals surface area contributed by atoms with Gasteiger partial charge < -0.3 is 5.32 Å². The molecule has 5 heteroatoms. The van der Waals surface area contributed by atoms with Crippen LogP contribution in [0.1, 0.15) is 31.0 Å². The molecular weight excluding hydrogens is 282 g/mol. The maximum absolute atomic E-state index is 12.1. The molecule has 4 nitrogen and oxygen atoms in total. The molecule has 1 amide bonds. The first kappa shape index (κ1) is 13.8. The highest BCUT2D eigenvalue weighted by atomic mass is 32.1. The van der Waals surface area contributed by atoms with Gasteiger partial charge in [-0.05, 0) is 23.6 Å². The van der Waals surface area contributed by atoms with E-state index in [9.17, 15) is 4.79 Å². The quantitative estimate of drug-likeness (QED) is 0.798. The molecule has 1 aromatic carbocycles. The number of imidazole rings is 1. The van der Waals surface area contributed by atoms with Crippen molar-refractivity contribution in [3.05, 3.63) is 53.3 Å². The maximum Gasteiger partial charge on any atom is 0.230 e. The van der Waals surface area contributed by atoms with E-state index in [2.05, 4.69) is 30.2 Å². The lowest BCUT2D eigenvalue weighted by Crippen LogP contribution is -2.14. The topological polar surface area (TPSA) is 46.4 Å². The number of rotatable bonds is 4. The summed E-state index contributed by atoms with van der Waals surface area (Å²) in [6.45, 7) is 4.28. The van der Waals surface area contributed by atoms with Crippen molar-refractivity contribution in [3.63, 3.8) is 0 Å². The number of thiazole rings is 1. The maximum atomic E-state index is 12.1. The summed E-state index contributed by atoms with van der Waals surface area (Å²) in [6, 6.07) is 7.98. The molecule has 0 saturated carbocycles. The molecule has 0 unspecified atom stereocenters. The van der Waals surface area contributed by atoms with Crippen LogP contribution in [0.25, 0.3) is 4.96 Å². The standard InChI is InChI=1S/C16H17N3OS/c1-11(2)12-4-3-5-13(8-12)17-15(20)9-14-10-19-6-7-21-16(19)18-14/h3-8,10-11H,9H2,1-2H3,(H,17,20). The smallest absolute Gasteiger partial charge is 0.230 e. The van der Waals surface area contributed by atoms with Crippen molar-refractivity contribution >= 4 is 27.9 Å². The fourth-order valence-electron chi connectivity index (χ4n) is 2.21. The number of hydrogen-bond donors (Lipinski definition) is 1. The van der Waals surface area contributed by atoms with Crippen LogP contribution in [0.15, 0.2) is 42.0 Å². The van der Waals surface area contributed by atoms with E-state index in [1.54, 1.807) is 11.3 Å². The zero-order chi connectivity index (χ0) is 14.8. The number of benzene rings is 1. The third-order valence-corrected chi connectivity index (χ3v) is 4.09. The summed E-state index contributed by atoms with van der Waals surface area (Å²) in [5.74, 6) is 0.406. The molecule has 2 aromatic heterocycles. The molecule has 0 aliphatic carbocycles. The fraction of sp³-hybridized carbons (Fsp3) is 0.250. The van der Waals surface area contributed by atoms with Gasteiger partial charge in [-0.25, -0.2) is 4.98 Å². The van der Waals surface area contributed by atoms with Gasteiger partial charge in [0.2, 0.25) is 5.91 Å². The molecule has 2 heterocycles. The van der Waals surface area contributed by atoms with Gasteiger partial charge in [-0.1, -0.05) is 26.0 Å². The van der Waals surface area contributed by atoms with Crippen LogP contribution in [0, 0.1) is 0 Å². The van der Waals surface area contributed by atoms with Crippen LogP contribution in [-0.4, -0.2) is 15.3 Å². The van der Waals surface area contributed by atoms with E-state index in [1.807, 2.05) is 40.4 Å². The molecule has 3 rings (SSSR count). The molecule has 0 atom stereocenters. The minimum atomic E-state index is -0.0401. The Hall–Kier alpha value is -2.14. The molecule has 0 aliphatic rings. The Morgan fingerprint density at radius 2 is 2.29 bits per heavy atom. The third kappa shape index (κ3) is 3.13. The highest BCUT2D eigenvalue weighted by Gasteiger charge is 2.09. The summed E-state index contributed by atoms with van der Waals surface area (Å²) in [4.78, 5) is 17.4. The Balaban J connectivity index is 1.68. The number of nitrogens with one attached hydrogen (secondary N) is 1. The summed E-state index contributed by atoms with van der Waals surface area (Å²) in [5.41, 5.74) is 2.85. The first-order chi connectivity index (χ1) is 10.1. The van der Waals surface area contributed by atoms with E-state index in [0.717, 1.165) is 16.3 Å². The molecule has 0 bridgehead atoms. The molecule has 108 valence electrons. The number of hydrogen-bond acceptors (Lipinski definition) is 3. The summed E-state index contributed by atoms with van der Waals surface area (Å²) in [5, 5.41) is 4.91. The molecule has 0 fully saturated rings. The molecule has 0 radical (unpaired) electrons. The van der Waals surface area contributed by atoms with Crippen LogP contribution in [-0.2, 0) is 11.2 Å². The molecular formula is C16H17N3OS. The Kier molecular flexibility index (Phi) is 3.75. The SMILES string of the molecule is CC(C)c1cccc(NC(=O)Cc2cn3ccsc3n2)c1. The van der Waals surface area contributed by atoms with Crippen molar-refractivity contribution in [2.45, 2.75) is 26.2 Å². The number of aromatic nitrogens is 2. The monoisotopic (exact) mass is 299 g/mol. The van der Waals surface area contributed by atoms with E-state index in [-0.39, 0.29) is 5.91 Å². The van der Waals surface area contributed by atoms with Crippen LogP contribution in [0.5, 0.6) is 0 Å². The van der Waals surface area contributed by atoms with E-state index >= 15 is 0 Å². The number of fused-ring (bicyclic) bond motifs is 1. The van der Waals surface area contributed by atoms with E-state index in [4.69, 9.17) is 0 Å². The Morgan fingerprint density at radius 3 is 3.05 bits per heavy atom. The van der Waals surface area contributed by atoms with Crippen LogP contribution >= 0.6 is 11.3 Å². The molecule has 3 aromatic rings. The fourth-order valence-corrected chi connectivity index (χ4v) is 2.93. The molecule has 21 heavy (non-hydrogen) atoms. The summed E-state index contributed by atoms with van der Waals surface area (Å²) >= 11 is 1.56. The van der Waals surface area contributed by atoms with E-state index in [0.29, 0.717) is 12.3 Å². The number of amides is 1. The number of carbonyl (C=O) groups is 1. The van der Waals surface area contributed by atoms with Gasteiger partial charge in [0.15, 0.2) is 4.96 Å². The van der Waals surface area contributed by atoms with Gasteiger partial charge in [0.1, 0.15) is 0 Å². The lowest BCUT2D eigenvalue weighted by molar-refractivity contribution is -0.115. The normalized spacial score (nSPS) is 11.2.